The summed E-state index contributed by atoms with van der Waals surface area (Å²) in [5.74, 6) is -0.300. The maximum atomic E-state index is 12.8. The number of nitrogens with one attached hydrogen (secondary N) is 1. The van der Waals surface area contributed by atoms with Crippen LogP contribution < -0.4 is 5.32 Å². The first-order valence-corrected chi connectivity index (χ1v) is 5.76. The van der Waals surface area contributed by atoms with Gasteiger partial charge >= 0.3 is 5.97 Å². The van der Waals surface area contributed by atoms with Crippen LogP contribution in [0.15, 0.2) is 24.3 Å². The molecule has 1 saturated heterocycles. The van der Waals surface area contributed by atoms with Crippen molar-refractivity contribution in [3.8, 4) is 0 Å². The summed E-state index contributed by atoms with van der Waals surface area (Å²) in [6.45, 7) is 4.23. The first-order valence-electron chi connectivity index (χ1n) is 5.76. The highest BCUT2D eigenvalue weighted by molar-refractivity contribution is 5.77. The highest BCUT2D eigenvalue weighted by Crippen LogP contribution is 2.21. The van der Waals surface area contributed by atoms with Crippen LogP contribution in [0.4, 0.5) is 4.39 Å². The molecule has 0 saturated carbocycles. The second-order valence-electron chi connectivity index (χ2n) is 4.62. The number of morpholine rings is 1. The van der Waals surface area contributed by atoms with Crippen molar-refractivity contribution >= 4 is 5.97 Å². The third kappa shape index (κ3) is 2.64. The fourth-order valence-electron chi connectivity index (χ4n) is 1.94. The van der Waals surface area contributed by atoms with E-state index in [2.05, 4.69) is 5.32 Å². The zero-order valence-electron chi connectivity index (χ0n) is 9.94. The molecule has 4 heteroatoms. The maximum absolute atomic E-state index is 12.8. The van der Waals surface area contributed by atoms with Gasteiger partial charge < -0.3 is 4.74 Å². The highest BCUT2D eigenvalue weighted by Gasteiger charge is 2.32. The minimum Gasteiger partial charge on any atom is -0.462 e. The molecule has 3 nitrogen and oxygen atoms in total. The molecule has 2 rings (SSSR count). The predicted octanol–water partition coefficient (Wildman–Crippen LogP) is 2.04. The van der Waals surface area contributed by atoms with Crippen LogP contribution in [0.2, 0.25) is 0 Å². The summed E-state index contributed by atoms with van der Waals surface area (Å²) in [6.07, 6.45) is 0. The van der Waals surface area contributed by atoms with E-state index in [0.717, 1.165) is 5.56 Å². The van der Waals surface area contributed by atoms with Crippen molar-refractivity contribution < 1.29 is 13.9 Å². The van der Waals surface area contributed by atoms with Crippen LogP contribution in [0.5, 0.6) is 0 Å². The van der Waals surface area contributed by atoms with Crippen LogP contribution in [0, 0.1) is 11.7 Å². The van der Waals surface area contributed by atoms with Gasteiger partial charge in [-0.05, 0) is 23.6 Å². The molecule has 1 aliphatic heterocycles. The lowest BCUT2D eigenvalue weighted by atomic mass is 9.99. The van der Waals surface area contributed by atoms with Gasteiger partial charge in [0.05, 0.1) is 6.04 Å². The van der Waals surface area contributed by atoms with Crippen LogP contribution >= 0.6 is 0 Å². The number of cyclic esters (lactones) is 1. The highest BCUT2D eigenvalue weighted by atomic mass is 19.1. The Balaban J connectivity index is 2.13. The Bertz CT molecular complexity index is 402. The number of carbonyl (C=O) groups is 1. The lowest BCUT2D eigenvalue weighted by Crippen LogP contribution is -2.50. The summed E-state index contributed by atoms with van der Waals surface area (Å²) < 4.78 is 18.0. The average molecular weight is 237 g/mol. The first-order chi connectivity index (χ1) is 8.08. The number of esters is 1. The van der Waals surface area contributed by atoms with Crippen molar-refractivity contribution in [2.45, 2.75) is 25.9 Å². The van der Waals surface area contributed by atoms with Gasteiger partial charge in [0.1, 0.15) is 18.5 Å². The molecule has 0 aromatic heterocycles. The van der Waals surface area contributed by atoms with Gasteiger partial charge in [-0.2, -0.15) is 0 Å². The molecule has 1 aromatic carbocycles. The largest absolute Gasteiger partial charge is 0.462 e. The molecule has 17 heavy (non-hydrogen) atoms. The number of halogens is 1. The third-order valence-electron chi connectivity index (χ3n) is 2.97. The van der Waals surface area contributed by atoms with Crippen molar-refractivity contribution in [1.82, 2.24) is 5.32 Å². The molecule has 92 valence electrons. The van der Waals surface area contributed by atoms with E-state index in [-0.39, 0.29) is 29.8 Å². The van der Waals surface area contributed by atoms with E-state index in [1.807, 2.05) is 13.8 Å². The van der Waals surface area contributed by atoms with Crippen molar-refractivity contribution in [3.05, 3.63) is 35.6 Å². The Morgan fingerprint density at radius 1 is 1.35 bits per heavy atom. The van der Waals surface area contributed by atoms with E-state index < -0.39 is 0 Å². The Morgan fingerprint density at radius 2 is 2.00 bits per heavy atom. The Morgan fingerprint density at radius 3 is 2.59 bits per heavy atom. The normalized spacial score (nSPS) is 24.8. The summed E-state index contributed by atoms with van der Waals surface area (Å²) in [4.78, 5) is 11.5. The monoisotopic (exact) mass is 237 g/mol. The van der Waals surface area contributed by atoms with Crippen LogP contribution in [-0.4, -0.2) is 18.6 Å². The molecule has 0 aliphatic carbocycles. The minimum atomic E-state index is -0.293. The van der Waals surface area contributed by atoms with Gasteiger partial charge in [-0.25, -0.2) is 4.39 Å². The van der Waals surface area contributed by atoms with E-state index in [1.165, 1.54) is 12.1 Å². The second kappa shape index (κ2) is 4.84. The van der Waals surface area contributed by atoms with E-state index in [0.29, 0.717) is 6.61 Å². The van der Waals surface area contributed by atoms with Crippen LogP contribution in [0.1, 0.15) is 25.5 Å². The first kappa shape index (κ1) is 12.0. The molecule has 0 radical (unpaired) electrons. The molecule has 1 aliphatic rings. The van der Waals surface area contributed by atoms with Crippen molar-refractivity contribution in [2.75, 3.05) is 6.61 Å². The topological polar surface area (TPSA) is 38.3 Å². The summed E-state index contributed by atoms with van der Waals surface area (Å²) in [6, 6.07) is 5.91. The van der Waals surface area contributed by atoms with Gasteiger partial charge in [0.15, 0.2) is 0 Å². The zero-order chi connectivity index (χ0) is 12.4. The van der Waals surface area contributed by atoms with Gasteiger partial charge in [-0.15, -0.1) is 0 Å². The molecule has 1 heterocycles. The number of hydrogen-bond acceptors (Lipinski definition) is 3. The number of benzene rings is 1. The van der Waals surface area contributed by atoms with E-state index in [4.69, 9.17) is 4.74 Å². The van der Waals surface area contributed by atoms with Gasteiger partial charge in [0.25, 0.3) is 0 Å². The van der Waals surface area contributed by atoms with Crippen molar-refractivity contribution in [3.63, 3.8) is 0 Å². The molecular formula is C13H16FNO2. The van der Waals surface area contributed by atoms with Gasteiger partial charge in [-0.3, -0.25) is 10.1 Å². The second-order valence-corrected chi connectivity index (χ2v) is 4.62. The van der Waals surface area contributed by atoms with Gasteiger partial charge in [0.2, 0.25) is 0 Å². The lowest BCUT2D eigenvalue weighted by Gasteiger charge is -2.32. The number of ether oxygens (including phenoxy) is 1. The molecule has 1 N–H and O–H groups in total. The fraction of sp³-hybridized carbons (Fsp3) is 0.462. The van der Waals surface area contributed by atoms with E-state index in [1.54, 1.807) is 12.1 Å². The summed E-state index contributed by atoms with van der Waals surface area (Å²) in [7, 11) is 0. The average Bonchev–Trinajstić information content (AvgIpc) is 2.30. The molecule has 0 amide bonds. The predicted molar refractivity (Wildman–Crippen MR) is 61.9 cm³/mol. The lowest BCUT2D eigenvalue weighted by molar-refractivity contribution is -0.153. The molecule has 1 aromatic rings. The number of carbonyl (C=O) groups excluding carboxylic acids is 1. The third-order valence-corrected chi connectivity index (χ3v) is 2.97. The van der Waals surface area contributed by atoms with Crippen LogP contribution in [0.25, 0.3) is 0 Å². The Labute approximate surface area is 100.0 Å². The minimum absolute atomic E-state index is 0.0549. The SMILES string of the molecule is CC(C)C1NC(c2ccc(F)cc2)COC1=O. The zero-order valence-corrected chi connectivity index (χ0v) is 9.94. The number of rotatable bonds is 2. The van der Waals surface area contributed by atoms with Crippen LogP contribution in [-0.2, 0) is 9.53 Å². The fourth-order valence-corrected chi connectivity index (χ4v) is 1.94. The molecule has 2 atom stereocenters. The number of hydrogen-bond donors (Lipinski definition) is 1. The standard InChI is InChI=1S/C13H16FNO2/c1-8(2)12-13(16)17-7-11(15-12)9-3-5-10(14)6-4-9/h3-6,8,11-12,15H,7H2,1-2H3. The van der Waals surface area contributed by atoms with Crippen molar-refractivity contribution in [2.24, 2.45) is 5.92 Å². The van der Waals surface area contributed by atoms with Crippen molar-refractivity contribution in [1.29, 1.82) is 0 Å². The van der Waals surface area contributed by atoms with E-state index >= 15 is 0 Å². The van der Waals surface area contributed by atoms with Crippen LogP contribution in [0.3, 0.4) is 0 Å². The van der Waals surface area contributed by atoms with E-state index in [9.17, 15) is 9.18 Å². The summed E-state index contributed by atoms with van der Waals surface area (Å²) in [5, 5.41) is 3.24. The molecular weight excluding hydrogens is 221 g/mol. The molecule has 1 fully saturated rings. The quantitative estimate of drug-likeness (QED) is 0.800. The van der Waals surface area contributed by atoms with Gasteiger partial charge in [0, 0.05) is 0 Å². The smallest absolute Gasteiger partial charge is 0.323 e. The van der Waals surface area contributed by atoms with Gasteiger partial charge in [-0.1, -0.05) is 26.0 Å². The Hall–Kier alpha value is -1.42. The maximum Gasteiger partial charge on any atom is 0.323 e. The molecule has 2 unspecified atom stereocenters. The molecule has 0 bridgehead atoms. The Kier molecular flexibility index (Phi) is 3.43. The molecule has 0 spiro atoms. The summed E-state index contributed by atoms with van der Waals surface area (Å²) in [5.41, 5.74) is 0.935. The summed E-state index contributed by atoms with van der Waals surface area (Å²) >= 11 is 0.